The smallest absolute Gasteiger partial charge is 0.303 e. The molecule has 0 spiro atoms. The molecular weight excluding hydrogens is 328 g/mol. The van der Waals surface area contributed by atoms with Crippen LogP contribution in [-0.2, 0) is 19.1 Å². The average Bonchev–Trinajstić information content (AvgIpc) is 3.08. The lowest BCUT2D eigenvalue weighted by Gasteiger charge is -2.35. The van der Waals surface area contributed by atoms with Gasteiger partial charge in [0.25, 0.3) is 0 Å². The number of carbonyl (C=O) groups excluding carboxylic acids is 2. The summed E-state index contributed by atoms with van der Waals surface area (Å²) in [5, 5.41) is 0. The maximum absolute atomic E-state index is 12.8. The summed E-state index contributed by atoms with van der Waals surface area (Å²) in [6.07, 6.45) is 4.72. The lowest BCUT2D eigenvalue weighted by Crippen LogP contribution is -2.32. The minimum absolute atomic E-state index is 0.0825. The van der Waals surface area contributed by atoms with Crippen LogP contribution in [0.15, 0.2) is 23.3 Å². The summed E-state index contributed by atoms with van der Waals surface area (Å²) in [6, 6.07) is 0. The van der Waals surface area contributed by atoms with E-state index in [4.69, 9.17) is 9.47 Å². The quantitative estimate of drug-likeness (QED) is 0.298. The molecule has 1 heterocycles. The fraction of sp³-hybridized carbons (Fsp3) is 0.727. The van der Waals surface area contributed by atoms with Crippen molar-refractivity contribution in [1.29, 1.82) is 0 Å². The van der Waals surface area contributed by atoms with Gasteiger partial charge in [0.1, 0.15) is 6.10 Å². The number of epoxide rings is 1. The fourth-order valence-electron chi connectivity index (χ4n) is 5.14. The Bertz CT molecular complexity index is 672. The summed E-state index contributed by atoms with van der Waals surface area (Å²) in [4.78, 5) is 24.5. The van der Waals surface area contributed by atoms with Gasteiger partial charge in [-0.3, -0.25) is 9.59 Å². The Balaban J connectivity index is 1.97. The molecule has 1 aliphatic heterocycles. The molecule has 0 N–H and O–H groups in total. The highest BCUT2D eigenvalue weighted by molar-refractivity contribution is 5.99. The summed E-state index contributed by atoms with van der Waals surface area (Å²) in [5.74, 6) is 0.149. The Morgan fingerprint density at radius 1 is 1.23 bits per heavy atom. The van der Waals surface area contributed by atoms with Gasteiger partial charge in [-0.25, -0.2) is 0 Å². The molecule has 0 radical (unpaired) electrons. The van der Waals surface area contributed by atoms with E-state index in [1.165, 1.54) is 6.92 Å². The lowest BCUT2D eigenvalue weighted by molar-refractivity contribution is -0.146. The maximum atomic E-state index is 12.8. The summed E-state index contributed by atoms with van der Waals surface area (Å²) < 4.78 is 11.6. The third-order valence-electron chi connectivity index (χ3n) is 6.70. The van der Waals surface area contributed by atoms with E-state index in [-0.39, 0.29) is 40.9 Å². The van der Waals surface area contributed by atoms with Gasteiger partial charge in [0.15, 0.2) is 5.78 Å². The van der Waals surface area contributed by atoms with Crippen molar-refractivity contribution < 1.29 is 19.1 Å². The molecule has 3 fully saturated rings. The molecule has 0 unspecified atom stereocenters. The lowest BCUT2D eigenvalue weighted by atomic mass is 9.71. The van der Waals surface area contributed by atoms with Gasteiger partial charge in [0.2, 0.25) is 0 Å². The number of Topliss-reactive ketones (excluding diaryl/α,β-unsaturated/α-hetero) is 1. The van der Waals surface area contributed by atoms with Crippen LogP contribution in [0.2, 0.25) is 0 Å². The highest BCUT2D eigenvalue weighted by atomic mass is 16.6. The number of allylic oxidation sites excluding steroid dienone is 2. The highest BCUT2D eigenvalue weighted by Gasteiger charge is 2.55. The summed E-state index contributed by atoms with van der Waals surface area (Å²) >= 11 is 0. The first-order chi connectivity index (χ1) is 12.1. The van der Waals surface area contributed by atoms with Crippen molar-refractivity contribution >= 4 is 11.8 Å². The predicted octanol–water partition coefficient (Wildman–Crippen LogP) is 4.53. The van der Waals surface area contributed by atoms with E-state index in [9.17, 15) is 9.59 Å². The molecule has 2 saturated carbocycles. The average molecular weight is 360 g/mol. The Hall–Kier alpha value is -1.42. The van der Waals surface area contributed by atoms with Gasteiger partial charge < -0.3 is 9.47 Å². The second kappa shape index (κ2) is 6.63. The molecule has 0 aromatic carbocycles. The molecule has 2 aliphatic carbocycles. The summed E-state index contributed by atoms with van der Waals surface area (Å²) in [5.41, 5.74) is 2.75. The van der Waals surface area contributed by atoms with E-state index in [1.54, 1.807) is 0 Å². The van der Waals surface area contributed by atoms with Crippen LogP contribution in [0.25, 0.3) is 0 Å². The summed E-state index contributed by atoms with van der Waals surface area (Å²) in [6.45, 7) is 14.1. The van der Waals surface area contributed by atoms with Crippen molar-refractivity contribution in [1.82, 2.24) is 0 Å². The van der Waals surface area contributed by atoms with Crippen LogP contribution in [0, 0.1) is 11.3 Å². The first-order valence-electron chi connectivity index (χ1n) is 9.79. The van der Waals surface area contributed by atoms with Crippen LogP contribution in [0.4, 0.5) is 0 Å². The highest BCUT2D eigenvalue weighted by Crippen LogP contribution is 2.54. The van der Waals surface area contributed by atoms with E-state index >= 15 is 0 Å². The zero-order valence-electron chi connectivity index (χ0n) is 16.8. The molecule has 1 saturated heterocycles. The molecule has 0 bridgehead atoms. The van der Waals surface area contributed by atoms with Crippen molar-refractivity contribution in [2.24, 2.45) is 11.3 Å². The number of rotatable bonds is 1. The Labute approximate surface area is 157 Å². The first kappa shape index (κ1) is 19.3. The van der Waals surface area contributed by atoms with Crippen LogP contribution in [0.5, 0.6) is 0 Å². The maximum Gasteiger partial charge on any atom is 0.303 e. The van der Waals surface area contributed by atoms with Crippen molar-refractivity contribution in [3.05, 3.63) is 23.3 Å². The van der Waals surface area contributed by atoms with Crippen LogP contribution in [-0.4, -0.2) is 29.6 Å². The van der Waals surface area contributed by atoms with E-state index < -0.39 is 0 Å². The normalized spacial score (nSPS) is 40.3. The molecule has 4 nitrogen and oxygen atoms in total. The van der Waals surface area contributed by atoms with Gasteiger partial charge in [-0.2, -0.15) is 0 Å². The minimum atomic E-state index is -0.326. The largest absolute Gasteiger partial charge is 0.458 e. The van der Waals surface area contributed by atoms with Crippen LogP contribution in [0.3, 0.4) is 0 Å². The van der Waals surface area contributed by atoms with Gasteiger partial charge in [-0.1, -0.05) is 19.1 Å². The zero-order chi connectivity index (χ0) is 19.3. The molecule has 4 heteroatoms. The topological polar surface area (TPSA) is 55.9 Å². The number of carbonyl (C=O) groups is 2. The van der Waals surface area contributed by atoms with Crippen molar-refractivity contribution in [2.75, 3.05) is 0 Å². The fourth-order valence-corrected chi connectivity index (χ4v) is 5.14. The molecule has 0 aromatic heterocycles. The molecule has 0 amide bonds. The molecule has 3 aliphatic rings. The first-order valence-corrected chi connectivity index (χ1v) is 9.79. The van der Waals surface area contributed by atoms with E-state index in [1.807, 2.05) is 13.8 Å². The minimum Gasteiger partial charge on any atom is -0.458 e. The standard InChI is InChI=1S/C22H32O4/c1-13(2)20-16-9-10-22(6)19(26-22)8-7-14(3)18(25-15(4)23)12-21(16,5)11-17(20)24/h16,18-19H,3,7-12H2,1-2,4-6H3/t16-,18+,19+,21+,22+/m1/s1. The molecule has 26 heavy (non-hydrogen) atoms. The summed E-state index contributed by atoms with van der Waals surface area (Å²) in [7, 11) is 0. The van der Waals surface area contributed by atoms with Crippen LogP contribution in [0.1, 0.15) is 73.1 Å². The molecule has 5 atom stereocenters. The Kier molecular flexibility index (Phi) is 4.93. The number of hydrogen-bond acceptors (Lipinski definition) is 4. The van der Waals surface area contributed by atoms with Gasteiger partial charge in [0.05, 0.1) is 11.7 Å². The van der Waals surface area contributed by atoms with Crippen LogP contribution < -0.4 is 0 Å². The molecule has 3 rings (SSSR count). The SMILES string of the molecule is C=C1CC[C@@H]2O[C@@]2(C)CC[C@@H]2C(=C(C)C)C(=O)C[C@@]2(C)C[C@@H]1OC(C)=O. The second-order valence-corrected chi connectivity index (χ2v) is 9.18. The van der Waals surface area contributed by atoms with Gasteiger partial charge in [-0.05, 0) is 75.4 Å². The van der Waals surface area contributed by atoms with Crippen molar-refractivity contribution in [3.63, 3.8) is 0 Å². The molecule has 0 aromatic rings. The molecular formula is C22H32O4. The monoisotopic (exact) mass is 360 g/mol. The van der Waals surface area contributed by atoms with Gasteiger partial charge in [0, 0.05) is 13.3 Å². The van der Waals surface area contributed by atoms with Gasteiger partial charge in [-0.15, -0.1) is 0 Å². The number of ketones is 1. The van der Waals surface area contributed by atoms with Crippen molar-refractivity contribution in [2.45, 2.75) is 91.0 Å². The predicted molar refractivity (Wildman–Crippen MR) is 101 cm³/mol. The van der Waals surface area contributed by atoms with Crippen LogP contribution >= 0.6 is 0 Å². The van der Waals surface area contributed by atoms with Gasteiger partial charge >= 0.3 is 5.97 Å². The number of hydrogen-bond donors (Lipinski definition) is 0. The third kappa shape index (κ3) is 3.53. The number of esters is 1. The Morgan fingerprint density at radius 2 is 1.92 bits per heavy atom. The second-order valence-electron chi connectivity index (χ2n) is 9.18. The number of ether oxygens (including phenoxy) is 2. The molecule has 144 valence electrons. The zero-order valence-corrected chi connectivity index (χ0v) is 16.8. The number of fused-ring (bicyclic) bond motifs is 2. The van der Waals surface area contributed by atoms with E-state index in [0.29, 0.717) is 12.8 Å². The third-order valence-corrected chi connectivity index (χ3v) is 6.70. The van der Waals surface area contributed by atoms with E-state index in [0.717, 1.165) is 42.4 Å². The van der Waals surface area contributed by atoms with Crippen molar-refractivity contribution in [3.8, 4) is 0 Å². The Morgan fingerprint density at radius 3 is 2.54 bits per heavy atom. The van der Waals surface area contributed by atoms with E-state index in [2.05, 4.69) is 20.4 Å².